The third kappa shape index (κ3) is 4.74. The number of aliphatic hydroxyl groups excluding tert-OH is 1. The van der Waals surface area contributed by atoms with E-state index in [0.717, 1.165) is 6.42 Å². The number of nitrogens with zero attached hydrogens (tertiary/aromatic N) is 1. The Hall–Kier alpha value is -3.03. The van der Waals surface area contributed by atoms with Crippen molar-refractivity contribution in [2.75, 3.05) is 34.0 Å². The van der Waals surface area contributed by atoms with Crippen LogP contribution in [0.4, 0.5) is 0 Å². The summed E-state index contributed by atoms with van der Waals surface area (Å²) in [7, 11) is 3.00. The van der Waals surface area contributed by atoms with Crippen molar-refractivity contribution in [3.05, 3.63) is 64.2 Å². The van der Waals surface area contributed by atoms with Gasteiger partial charge in [-0.25, -0.2) is 0 Å². The minimum atomic E-state index is -0.798. The number of carbonyl (C=O) groups excluding carboxylic acids is 2. The Balaban J connectivity index is 2.12. The van der Waals surface area contributed by atoms with Gasteiger partial charge < -0.3 is 24.2 Å². The standard InChI is InChI=1S/C24H26ClNO6/c1-4-12-32-16-7-5-15(6-8-16)21-20(23(28)24(29)26(21)11-13-30-2)22(27)18-14-17(31-3)9-10-19(18)25/h5-10,14,21,27H,4,11-13H2,1-3H3/b22-20+. The molecule has 1 fully saturated rings. The SMILES string of the molecule is CCCOc1ccc(C2/C(=C(\O)c3cc(OC)ccc3Cl)C(=O)C(=O)N2CCOC)cc1. The van der Waals surface area contributed by atoms with E-state index in [0.29, 0.717) is 23.7 Å². The summed E-state index contributed by atoms with van der Waals surface area (Å²) in [4.78, 5) is 27.2. The summed E-state index contributed by atoms with van der Waals surface area (Å²) in [5, 5.41) is 11.4. The zero-order valence-electron chi connectivity index (χ0n) is 18.3. The lowest BCUT2D eigenvalue weighted by Crippen LogP contribution is -2.32. The fraction of sp³-hybridized carbons (Fsp3) is 0.333. The second-order valence-corrected chi connectivity index (χ2v) is 7.66. The average Bonchev–Trinajstić information content (AvgIpc) is 3.06. The average molecular weight is 460 g/mol. The lowest BCUT2D eigenvalue weighted by Gasteiger charge is -2.25. The number of hydrogen-bond acceptors (Lipinski definition) is 6. The van der Waals surface area contributed by atoms with Gasteiger partial charge in [0.15, 0.2) is 0 Å². The Bertz CT molecular complexity index is 1020. The minimum Gasteiger partial charge on any atom is -0.507 e. The Labute approximate surface area is 192 Å². The summed E-state index contributed by atoms with van der Waals surface area (Å²) in [6.45, 7) is 3.02. The Morgan fingerprint density at radius 2 is 1.75 bits per heavy atom. The normalized spacial score (nSPS) is 17.6. The van der Waals surface area contributed by atoms with Crippen LogP contribution >= 0.6 is 11.6 Å². The monoisotopic (exact) mass is 459 g/mol. The molecule has 1 saturated heterocycles. The first-order valence-corrected chi connectivity index (χ1v) is 10.6. The second kappa shape index (κ2) is 10.5. The van der Waals surface area contributed by atoms with Crippen LogP contribution < -0.4 is 9.47 Å². The summed E-state index contributed by atoms with van der Waals surface area (Å²) in [6, 6.07) is 11.0. The van der Waals surface area contributed by atoms with Crippen LogP contribution in [0.5, 0.6) is 11.5 Å². The molecule has 1 aliphatic rings. The number of methoxy groups -OCH3 is 2. The summed E-state index contributed by atoms with van der Waals surface area (Å²) < 4.78 is 16.0. The van der Waals surface area contributed by atoms with Crippen molar-refractivity contribution >= 4 is 29.1 Å². The third-order valence-corrected chi connectivity index (χ3v) is 5.50. The minimum absolute atomic E-state index is 0.0384. The number of Topliss-reactive ketones (excluding diaryl/α,β-unsaturated/α-hetero) is 1. The van der Waals surface area contributed by atoms with Crippen molar-refractivity contribution in [1.82, 2.24) is 4.90 Å². The van der Waals surface area contributed by atoms with Gasteiger partial charge in [0.25, 0.3) is 11.7 Å². The molecule has 1 amide bonds. The van der Waals surface area contributed by atoms with E-state index in [1.165, 1.54) is 25.2 Å². The largest absolute Gasteiger partial charge is 0.507 e. The first kappa shape index (κ1) is 23.6. The van der Waals surface area contributed by atoms with Crippen LogP contribution in [0, 0.1) is 0 Å². The van der Waals surface area contributed by atoms with Crippen LogP contribution in [-0.2, 0) is 14.3 Å². The van der Waals surface area contributed by atoms with Crippen molar-refractivity contribution in [2.24, 2.45) is 0 Å². The molecule has 3 rings (SSSR count). The Kier molecular flexibility index (Phi) is 7.77. The maximum atomic E-state index is 13.0. The van der Waals surface area contributed by atoms with Gasteiger partial charge in [-0.05, 0) is 42.3 Å². The summed E-state index contributed by atoms with van der Waals surface area (Å²) in [5.74, 6) is -0.713. The van der Waals surface area contributed by atoms with Gasteiger partial charge in [-0.2, -0.15) is 0 Å². The van der Waals surface area contributed by atoms with E-state index in [2.05, 4.69) is 0 Å². The summed E-state index contributed by atoms with van der Waals surface area (Å²) in [6.07, 6.45) is 0.875. The number of benzene rings is 2. The number of rotatable bonds is 9. The molecule has 32 heavy (non-hydrogen) atoms. The van der Waals surface area contributed by atoms with Crippen molar-refractivity contribution in [3.63, 3.8) is 0 Å². The van der Waals surface area contributed by atoms with Crippen molar-refractivity contribution in [2.45, 2.75) is 19.4 Å². The van der Waals surface area contributed by atoms with E-state index in [9.17, 15) is 14.7 Å². The van der Waals surface area contributed by atoms with Gasteiger partial charge in [0.05, 0.1) is 37.0 Å². The van der Waals surface area contributed by atoms with Crippen molar-refractivity contribution in [3.8, 4) is 11.5 Å². The molecule has 1 heterocycles. The van der Waals surface area contributed by atoms with E-state index in [1.807, 2.05) is 6.92 Å². The van der Waals surface area contributed by atoms with Crippen LogP contribution in [0.1, 0.15) is 30.5 Å². The molecule has 0 radical (unpaired) electrons. The highest BCUT2D eigenvalue weighted by Gasteiger charge is 2.46. The van der Waals surface area contributed by atoms with E-state index >= 15 is 0 Å². The van der Waals surface area contributed by atoms with Crippen molar-refractivity contribution < 1.29 is 28.9 Å². The molecule has 170 valence electrons. The highest BCUT2D eigenvalue weighted by atomic mass is 35.5. The molecule has 0 aliphatic carbocycles. The highest BCUT2D eigenvalue weighted by molar-refractivity contribution is 6.47. The van der Waals surface area contributed by atoms with Crippen LogP contribution in [0.15, 0.2) is 48.0 Å². The van der Waals surface area contributed by atoms with Gasteiger partial charge in [-0.3, -0.25) is 9.59 Å². The molecule has 1 N–H and O–H groups in total. The van der Waals surface area contributed by atoms with Gasteiger partial charge in [-0.15, -0.1) is 0 Å². The van der Waals surface area contributed by atoms with Gasteiger partial charge in [0.1, 0.15) is 17.3 Å². The van der Waals surface area contributed by atoms with Gasteiger partial charge >= 0.3 is 0 Å². The molecule has 0 saturated carbocycles. The number of carbonyl (C=O) groups is 2. The number of likely N-dealkylation sites (tertiary alicyclic amines) is 1. The molecule has 0 spiro atoms. The van der Waals surface area contributed by atoms with Gasteiger partial charge in [0.2, 0.25) is 0 Å². The van der Waals surface area contributed by atoms with E-state index < -0.39 is 17.7 Å². The Morgan fingerprint density at radius 3 is 2.38 bits per heavy atom. The fourth-order valence-corrected chi connectivity index (χ4v) is 3.78. The molecule has 7 nitrogen and oxygen atoms in total. The molecule has 0 aromatic heterocycles. The molecule has 2 aromatic rings. The zero-order valence-corrected chi connectivity index (χ0v) is 19.0. The molecule has 1 atom stereocenters. The Morgan fingerprint density at radius 1 is 1.06 bits per heavy atom. The summed E-state index contributed by atoms with van der Waals surface area (Å²) in [5.41, 5.74) is 0.830. The zero-order chi connectivity index (χ0) is 23.3. The number of ketones is 1. The molecule has 1 unspecified atom stereocenters. The quantitative estimate of drug-likeness (QED) is 0.343. The van der Waals surface area contributed by atoms with Crippen LogP contribution in [-0.4, -0.2) is 55.7 Å². The smallest absolute Gasteiger partial charge is 0.295 e. The maximum absolute atomic E-state index is 13.0. The summed E-state index contributed by atoms with van der Waals surface area (Å²) >= 11 is 6.30. The molecule has 2 aromatic carbocycles. The lowest BCUT2D eigenvalue weighted by molar-refractivity contribution is -0.140. The highest BCUT2D eigenvalue weighted by Crippen LogP contribution is 2.41. The van der Waals surface area contributed by atoms with E-state index in [4.69, 9.17) is 25.8 Å². The molecular formula is C24H26ClNO6. The number of halogens is 1. The van der Waals surface area contributed by atoms with Crippen LogP contribution in [0.2, 0.25) is 5.02 Å². The first-order valence-electron chi connectivity index (χ1n) is 10.3. The third-order valence-electron chi connectivity index (χ3n) is 5.17. The van der Waals surface area contributed by atoms with E-state index in [-0.39, 0.29) is 35.1 Å². The predicted molar refractivity (Wildman–Crippen MR) is 121 cm³/mol. The fourth-order valence-electron chi connectivity index (χ4n) is 3.57. The van der Waals surface area contributed by atoms with Gasteiger partial charge in [0, 0.05) is 19.2 Å². The first-order chi connectivity index (χ1) is 15.4. The lowest BCUT2D eigenvalue weighted by atomic mass is 9.95. The number of ether oxygens (including phenoxy) is 3. The van der Waals surface area contributed by atoms with Crippen LogP contribution in [0.25, 0.3) is 5.76 Å². The van der Waals surface area contributed by atoms with E-state index in [1.54, 1.807) is 36.4 Å². The second-order valence-electron chi connectivity index (χ2n) is 7.25. The van der Waals surface area contributed by atoms with Gasteiger partial charge in [-0.1, -0.05) is 30.7 Å². The number of hydrogen-bond donors (Lipinski definition) is 1. The topological polar surface area (TPSA) is 85.3 Å². The predicted octanol–water partition coefficient (Wildman–Crippen LogP) is 4.21. The number of amides is 1. The molecule has 1 aliphatic heterocycles. The molecule has 0 bridgehead atoms. The molecular weight excluding hydrogens is 434 g/mol. The number of aliphatic hydroxyl groups is 1. The van der Waals surface area contributed by atoms with Crippen LogP contribution in [0.3, 0.4) is 0 Å². The molecule has 8 heteroatoms. The van der Waals surface area contributed by atoms with Crippen molar-refractivity contribution in [1.29, 1.82) is 0 Å². The maximum Gasteiger partial charge on any atom is 0.295 e.